The van der Waals surface area contributed by atoms with Gasteiger partial charge in [0.05, 0.1) is 17.3 Å². The second kappa shape index (κ2) is 8.67. The first-order valence-corrected chi connectivity index (χ1v) is 13.3. The number of anilines is 1. The van der Waals surface area contributed by atoms with Crippen LogP contribution in [-0.2, 0) is 17.4 Å². The van der Waals surface area contributed by atoms with Gasteiger partial charge in [-0.2, -0.15) is 23.4 Å². The zero-order valence-electron chi connectivity index (χ0n) is 22.1. The highest BCUT2D eigenvalue weighted by Gasteiger charge is 2.72. The van der Waals surface area contributed by atoms with Gasteiger partial charge in [0.1, 0.15) is 11.9 Å². The van der Waals surface area contributed by atoms with E-state index in [1.54, 1.807) is 6.92 Å². The van der Waals surface area contributed by atoms with E-state index in [-0.39, 0.29) is 40.5 Å². The van der Waals surface area contributed by atoms with Crippen LogP contribution in [0.1, 0.15) is 55.5 Å². The molecule has 222 valence electrons. The molecule has 2 bridgehead atoms. The largest absolute Gasteiger partial charge is 0.586 e. The van der Waals surface area contributed by atoms with Gasteiger partial charge in [-0.1, -0.05) is 6.07 Å². The quantitative estimate of drug-likeness (QED) is 0.372. The van der Waals surface area contributed by atoms with Crippen LogP contribution in [0, 0.1) is 10.8 Å². The Morgan fingerprint density at radius 1 is 1.17 bits per heavy atom. The number of benzene rings is 1. The molecule has 2 aromatic heterocycles. The molecule has 4 heterocycles. The van der Waals surface area contributed by atoms with Gasteiger partial charge in [-0.25, -0.2) is 4.68 Å². The van der Waals surface area contributed by atoms with Gasteiger partial charge in [0.15, 0.2) is 17.2 Å². The average Bonchev–Trinajstić information content (AvgIpc) is 3.41. The van der Waals surface area contributed by atoms with E-state index in [2.05, 4.69) is 24.8 Å². The number of rotatable bonds is 7. The Labute approximate surface area is 235 Å². The number of hydrogen-bond donors (Lipinski definition) is 1. The maximum Gasteiger partial charge on any atom is 0.586 e. The van der Waals surface area contributed by atoms with Gasteiger partial charge in [0, 0.05) is 24.7 Å². The minimum absolute atomic E-state index is 0.0222. The number of aromatic nitrogens is 4. The molecular formula is C27H24F5N5O5. The van der Waals surface area contributed by atoms with Crippen molar-refractivity contribution in [1.29, 1.82) is 0 Å². The third-order valence-corrected chi connectivity index (χ3v) is 8.55. The monoisotopic (exact) mass is 593 g/mol. The van der Waals surface area contributed by atoms with E-state index in [1.165, 1.54) is 35.1 Å². The number of carbonyl (C=O) groups is 1. The molecule has 15 heteroatoms. The first-order chi connectivity index (χ1) is 19.8. The summed E-state index contributed by atoms with van der Waals surface area (Å²) in [5.41, 5.74) is -1.19. The fraction of sp³-hybridized carbons (Fsp3) is 0.481. The van der Waals surface area contributed by atoms with Crippen molar-refractivity contribution in [2.45, 2.75) is 57.6 Å². The summed E-state index contributed by atoms with van der Waals surface area (Å²) in [4.78, 5) is 13.5. The summed E-state index contributed by atoms with van der Waals surface area (Å²) in [7, 11) is 0. The third-order valence-electron chi connectivity index (χ3n) is 8.55. The molecule has 0 radical (unpaired) electrons. The fourth-order valence-corrected chi connectivity index (χ4v) is 6.89. The van der Waals surface area contributed by atoms with Crippen LogP contribution < -0.4 is 19.1 Å². The highest BCUT2D eigenvalue weighted by molar-refractivity contribution is 5.79. The number of halogens is 5. The second-order valence-corrected chi connectivity index (χ2v) is 11.6. The van der Waals surface area contributed by atoms with Crippen LogP contribution in [0.5, 0.6) is 17.4 Å². The van der Waals surface area contributed by atoms with Gasteiger partial charge in [-0.15, -0.1) is 13.9 Å². The van der Waals surface area contributed by atoms with E-state index < -0.39 is 35.7 Å². The summed E-state index contributed by atoms with van der Waals surface area (Å²) in [6.45, 7) is 2.57. The van der Waals surface area contributed by atoms with Gasteiger partial charge in [-0.05, 0) is 62.1 Å². The van der Waals surface area contributed by atoms with Crippen LogP contribution in [0.2, 0.25) is 0 Å². The molecule has 1 aromatic carbocycles. The summed E-state index contributed by atoms with van der Waals surface area (Å²) >= 11 is 0. The molecule has 1 atom stereocenters. The summed E-state index contributed by atoms with van der Waals surface area (Å²) < 4.78 is 85.1. The van der Waals surface area contributed by atoms with E-state index in [0.29, 0.717) is 50.2 Å². The maximum absolute atomic E-state index is 14.1. The van der Waals surface area contributed by atoms with Crippen LogP contribution in [0.15, 0.2) is 30.5 Å². The lowest BCUT2D eigenvalue weighted by Crippen LogP contribution is -2.69. The molecule has 3 saturated carbocycles. The van der Waals surface area contributed by atoms with Crippen LogP contribution in [0.4, 0.5) is 27.8 Å². The maximum atomic E-state index is 14.1. The molecular weight excluding hydrogens is 569 g/mol. The number of ether oxygens (including phenoxy) is 3. The van der Waals surface area contributed by atoms with Crippen molar-refractivity contribution >= 4 is 11.8 Å². The van der Waals surface area contributed by atoms with E-state index in [0.717, 1.165) is 0 Å². The summed E-state index contributed by atoms with van der Waals surface area (Å²) in [6.07, 6.45) is -5.69. The number of alkyl halides is 5. The highest BCUT2D eigenvalue weighted by atomic mass is 19.4. The van der Waals surface area contributed by atoms with Gasteiger partial charge >= 0.3 is 18.4 Å². The lowest BCUT2D eigenvalue weighted by molar-refractivity contribution is -0.286. The van der Waals surface area contributed by atoms with Gasteiger partial charge in [0.25, 0.3) is 0 Å². The molecule has 42 heavy (non-hydrogen) atoms. The van der Waals surface area contributed by atoms with Crippen LogP contribution >= 0.6 is 0 Å². The summed E-state index contributed by atoms with van der Waals surface area (Å²) in [5, 5.41) is 21.3. The zero-order valence-corrected chi connectivity index (χ0v) is 22.1. The van der Waals surface area contributed by atoms with Crippen LogP contribution in [-0.4, -0.2) is 50.4 Å². The predicted octanol–water partition coefficient (Wildman–Crippen LogP) is 5.15. The number of nitrogens with zero attached hydrogens (tertiary/aromatic N) is 5. The molecule has 5 aliphatic rings. The van der Waals surface area contributed by atoms with Crippen molar-refractivity contribution < 1.29 is 46.1 Å². The molecule has 2 aliphatic heterocycles. The van der Waals surface area contributed by atoms with E-state index in [9.17, 15) is 31.9 Å². The molecule has 8 rings (SSSR count). The molecule has 0 saturated heterocycles. The molecule has 3 aromatic rings. The van der Waals surface area contributed by atoms with Crippen molar-refractivity contribution in [1.82, 2.24) is 20.0 Å². The number of aliphatic carboxylic acids is 1. The van der Waals surface area contributed by atoms with E-state index in [4.69, 9.17) is 4.74 Å². The van der Waals surface area contributed by atoms with Crippen LogP contribution in [0.3, 0.4) is 0 Å². The second-order valence-electron chi connectivity index (χ2n) is 11.6. The van der Waals surface area contributed by atoms with E-state index in [1.807, 2.05) is 4.90 Å². The topological polar surface area (TPSA) is 112 Å². The lowest BCUT2D eigenvalue weighted by atomic mass is 9.35. The first kappa shape index (κ1) is 26.7. The minimum Gasteiger partial charge on any atom is -0.481 e. The van der Waals surface area contributed by atoms with Crippen molar-refractivity contribution in [2.75, 3.05) is 18.0 Å². The SMILES string of the molecule is C[C@H](Oc1cc(-n2nc(C(F)(F)F)c3c2N(CC24CC(C(=O)O)(C2)C4)CCC3)cnn1)c1ccc2c(c1)OC(F)(F)O2. The zero-order chi connectivity index (χ0) is 29.7. The van der Waals surface area contributed by atoms with Crippen LogP contribution in [0.25, 0.3) is 5.69 Å². The number of fused-ring (bicyclic) bond motifs is 2. The molecule has 3 aliphatic carbocycles. The predicted molar refractivity (Wildman–Crippen MR) is 133 cm³/mol. The van der Waals surface area contributed by atoms with Crippen molar-refractivity contribution in [3.8, 4) is 23.1 Å². The Morgan fingerprint density at radius 2 is 1.90 bits per heavy atom. The van der Waals surface area contributed by atoms with Gasteiger partial charge < -0.3 is 24.2 Å². The Morgan fingerprint density at radius 3 is 2.62 bits per heavy atom. The number of carboxylic acids is 1. The highest BCUT2D eigenvalue weighted by Crippen LogP contribution is 2.73. The standard InChI is InChI=1S/C27H24F5N5O5/c1-14(15-4-5-18-19(7-15)42-27(31,32)41-18)40-20-8-16(9-33-34-20)37-22-17(21(35-37)26(28,29)30)3-2-6-36(22)13-24-10-25(11-24,12-24)23(38)39/h4-5,7-9,14H,2-3,6,10-13H2,1H3,(H,38,39)/t14-,24?,25?/m0/s1. The lowest BCUT2D eigenvalue weighted by Gasteiger charge is -2.69. The smallest absolute Gasteiger partial charge is 0.481 e. The molecule has 0 amide bonds. The Kier molecular flexibility index (Phi) is 5.52. The third kappa shape index (κ3) is 4.19. The van der Waals surface area contributed by atoms with Crippen molar-refractivity contribution in [3.63, 3.8) is 0 Å². The Hall–Kier alpha value is -4.17. The summed E-state index contributed by atoms with van der Waals surface area (Å²) in [6, 6.07) is 5.59. The minimum atomic E-state index is -4.69. The fourth-order valence-electron chi connectivity index (χ4n) is 6.89. The molecule has 0 unspecified atom stereocenters. The molecule has 1 N–H and O–H groups in total. The summed E-state index contributed by atoms with van der Waals surface area (Å²) in [5.74, 6) is -0.828. The number of carboxylic acid groups (broad SMARTS) is 1. The normalized spacial score (nSPS) is 25.7. The molecule has 10 nitrogen and oxygen atoms in total. The van der Waals surface area contributed by atoms with Gasteiger partial charge in [0.2, 0.25) is 5.88 Å². The van der Waals surface area contributed by atoms with Gasteiger partial charge in [-0.3, -0.25) is 4.79 Å². The Bertz CT molecular complexity index is 1590. The molecule has 3 fully saturated rings. The van der Waals surface area contributed by atoms with E-state index >= 15 is 0 Å². The molecule has 0 spiro atoms. The number of hydrogen-bond acceptors (Lipinski definition) is 8. The first-order valence-electron chi connectivity index (χ1n) is 13.3. The average molecular weight is 594 g/mol. The van der Waals surface area contributed by atoms with Crippen molar-refractivity contribution in [2.24, 2.45) is 10.8 Å². The Balaban J connectivity index is 1.18. The van der Waals surface area contributed by atoms with Crippen molar-refractivity contribution in [3.05, 3.63) is 47.3 Å².